The predicted molar refractivity (Wildman–Crippen MR) is 574 cm³/mol. The van der Waals surface area contributed by atoms with Crippen LogP contribution in [0.2, 0.25) is 0 Å². The van der Waals surface area contributed by atoms with Gasteiger partial charge in [-0.3, -0.25) is 39.9 Å². The van der Waals surface area contributed by atoms with E-state index in [9.17, 15) is 0 Å². The summed E-state index contributed by atoms with van der Waals surface area (Å²) in [7, 11) is 1.73. The van der Waals surface area contributed by atoms with Crippen molar-refractivity contribution in [3.05, 3.63) is 223 Å². The third-order valence-corrected chi connectivity index (χ3v) is 31.0. The van der Waals surface area contributed by atoms with E-state index in [1.165, 1.54) is 143 Å². The van der Waals surface area contributed by atoms with Crippen molar-refractivity contribution in [1.29, 1.82) is 0 Å². The molecule has 18 atom stereocenters. The van der Waals surface area contributed by atoms with Gasteiger partial charge in [-0.25, -0.2) is 0 Å². The highest BCUT2D eigenvalue weighted by Crippen LogP contribution is 2.55. The summed E-state index contributed by atoms with van der Waals surface area (Å²) in [6.07, 6.45) is 63.3. The maximum atomic E-state index is 5.95. The minimum absolute atomic E-state index is 0.311. The molecule has 22 rings (SSSR count). The Balaban J connectivity index is 0.000000122. The Hall–Kier alpha value is -9.48. The van der Waals surface area contributed by atoms with Crippen LogP contribution in [0.15, 0.2) is 183 Å². The van der Waals surface area contributed by atoms with E-state index in [1.54, 1.807) is 32.0 Å². The van der Waals surface area contributed by atoms with Gasteiger partial charge in [-0.05, 0) is 377 Å². The molecule has 7 saturated carbocycles. The first-order valence-corrected chi connectivity index (χ1v) is 56.5. The Morgan fingerprint density at radius 1 is 0.302 bits per heavy atom. The molecule has 30 heteroatoms. The van der Waals surface area contributed by atoms with Crippen molar-refractivity contribution in [2.45, 2.75) is 278 Å². The van der Waals surface area contributed by atoms with Gasteiger partial charge in [0.2, 0.25) is 0 Å². The van der Waals surface area contributed by atoms with Gasteiger partial charge in [-0.2, -0.15) is 0 Å². The average molecular weight is 2050 g/mol. The quantitative estimate of drug-likeness (QED) is 0.0193. The van der Waals surface area contributed by atoms with Crippen molar-refractivity contribution >= 4 is 0 Å². The Morgan fingerprint density at radius 2 is 0.624 bits per heavy atom. The molecule has 0 bridgehead atoms. The monoisotopic (exact) mass is 2050 g/mol. The van der Waals surface area contributed by atoms with Crippen LogP contribution in [0.3, 0.4) is 0 Å². The lowest BCUT2D eigenvalue weighted by atomic mass is 9.98. The number of hydrogen-bond acceptors (Lipinski definition) is 30. The zero-order valence-corrected chi connectivity index (χ0v) is 88.7. The topological polar surface area (TPSA) is 327 Å². The number of rotatable bonds is 61. The van der Waals surface area contributed by atoms with Crippen LogP contribution in [-0.4, -0.2) is 254 Å². The Morgan fingerprint density at radius 3 is 0.933 bits per heavy atom. The molecule has 149 heavy (non-hydrogen) atoms. The summed E-state index contributed by atoms with van der Waals surface area (Å²) in [6.45, 7) is 26.2. The highest BCUT2D eigenvalue weighted by Gasteiger charge is 2.44. The van der Waals surface area contributed by atoms with Crippen molar-refractivity contribution in [3.8, 4) is 40.2 Å². The molecule has 9 aromatic rings. The van der Waals surface area contributed by atoms with E-state index in [-0.39, 0.29) is 0 Å². The van der Waals surface area contributed by atoms with Crippen molar-refractivity contribution in [3.63, 3.8) is 0 Å². The van der Waals surface area contributed by atoms with Crippen molar-refractivity contribution < 1.29 is 75.5 Å². The van der Waals surface area contributed by atoms with Crippen LogP contribution in [0.1, 0.15) is 261 Å². The van der Waals surface area contributed by atoms with Gasteiger partial charge in [0.1, 0.15) is 92.3 Å². The first kappa shape index (κ1) is 111. The highest BCUT2D eigenvalue weighted by molar-refractivity contribution is 5.36. The van der Waals surface area contributed by atoms with Crippen molar-refractivity contribution in [1.82, 2.24) is 71.8 Å². The van der Waals surface area contributed by atoms with Crippen LogP contribution >= 0.6 is 0 Å². The van der Waals surface area contributed by atoms with E-state index in [0.717, 1.165) is 285 Å². The molecule has 810 valence electrons. The third kappa shape index (κ3) is 39.5. The van der Waals surface area contributed by atoms with Gasteiger partial charge < -0.3 is 107 Å². The van der Waals surface area contributed by atoms with E-state index >= 15 is 0 Å². The van der Waals surface area contributed by atoms with Gasteiger partial charge in [0.15, 0.2) is 0 Å². The van der Waals surface area contributed by atoms with E-state index in [4.69, 9.17) is 75.5 Å². The third-order valence-electron chi connectivity index (χ3n) is 31.0. The minimum Gasteiger partial charge on any atom is -0.492 e. The van der Waals surface area contributed by atoms with E-state index < -0.39 is 0 Å². The molecule has 9 aromatic heterocycles. The number of methoxy groups -OCH3 is 1. The van der Waals surface area contributed by atoms with E-state index in [0.29, 0.717) is 115 Å². The summed E-state index contributed by atoms with van der Waals surface area (Å²) < 4.78 is 91.3. The number of nitrogens with zero attached hydrogens (tertiary/aromatic N) is 8. The molecule has 0 spiro atoms. The molecule has 6 aliphatic heterocycles. The standard InChI is InChI=1S/C23H36N2O3.C20H25N3O2.C20H32N2O3.C19H23N3O2.C19H24N2O3.C18H28N2O3/c1-2-5-21(6-3-1)27-11-4-10-26-12-8-18-14-23(18)19-13-22(16-24-15-19)28-17-20-7-9-25-20;1-2-15(10-21-5-1)13-24-7-4-16-9-20(16)17-8-19(12-22-11-17)25-14-18-3-6-23-18;1-15(2)24-8-3-7-23-9-5-16-11-20(16)17-10-19(13-21-12-17)25-14-18-4-6-22-18;1-2-17(11-20-5-1)23-7-4-14-9-19(14)15-8-18(12-21-10-15)24-13-16-3-6-22-16;1-2-17(23-6-1)13-22-7-4-14-9-19(14)15-8-18(11-20-10-15)24-12-16-3-5-21-16;1-21-6-2-7-22-8-4-14-10-18(14)15-9-17(12-19-11-15)23-13-16-3-5-20-16/h13,15-16,18,20-21,23,25H,1-12,14,17H2;1-2,5,8,10-12,16,18,20,23H,3-4,6-7,9,13-14H2;10,12-13,15-16,18,20,22H,3-9,11,14H2,1-2H3;1-2,5,8,10-12,14,16,19,22H,3-4,6-7,9,13H2;1-2,6,8,10-11,14,16,19,21H,3-5,7,9,12-13H2;9,11-12,14,16,18,20H,2-8,10,13H2,1H3/t18-,20-,23-;2*16-,18-,20-;2*14-,16-,19-;14-,16-,18-/m000000/s1. The second-order valence-electron chi connectivity index (χ2n) is 43.1. The Kier molecular flexibility index (Phi) is 45.6. The maximum absolute atomic E-state index is 5.95. The summed E-state index contributed by atoms with van der Waals surface area (Å²) in [5.41, 5.74) is 8.97. The van der Waals surface area contributed by atoms with E-state index in [1.807, 2.05) is 117 Å². The molecule has 6 N–H and O–H groups in total. The molecular formula is C119H168N14O16. The van der Waals surface area contributed by atoms with Gasteiger partial charge in [0.25, 0.3) is 0 Å². The lowest BCUT2D eigenvalue weighted by molar-refractivity contribution is 0.0135. The molecule has 13 aliphatic rings. The highest BCUT2D eigenvalue weighted by atomic mass is 16.5. The fourth-order valence-electron chi connectivity index (χ4n) is 20.2. The first-order valence-electron chi connectivity index (χ1n) is 56.5. The molecular weight excluding hydrogens is 1880 g/mol. The normalized spacial score (nSPS) is 25.5. The number of furan rings is 1. The van der Waals surface area contributed by atoms with Gasteiger partial charge in [-0.1, -0.05) is 25.3 Å². The van der Waals surface area contributed by atoms with Gasteiger partial charge in [-0.15, -0.1) is 0 Å². The Bertz CT molecular complexity index is 5200. The van der Waals surface area contributed by atoms with Crippen LogP contribution in [0.4, 0.5) is 0 Å². The molecule has 0 amide bonds. The lowest BCUT2D eigenvalue weighted by Crippen LogP contribution is -2.46. The Labute approximate surface area is 884 Å². The second-order valence-corrected chi connectivity index (χ2v) is 43.1. The fourth-order valence-corrected chi connectivity index (χ4v) is 20.2. The number of nitrogens with one attached hydrogen (secondary N) is 6. The largest absolute Gasteiger partial charge is 0.492 e. The predicted octanol–water partition coefficient (Wildman–Crippen LogP) is 18.4. The minimum atomic E-state index is 0.311. The van der Waals surface area contributed by atoms with Crippen LogP contribution in [0.5, 0.6) is 40.2 Å². The summed E-state index contributed by atoms with van der Waals surface area (Å²) in [4.78, 5) is 34.3. The zero-order chi connectivity index (χ0) is 102. The maximum Gasteiger partial charge on any atom is 0.137 e. The van der Waals surface area contributed by atoms with E-state index in [2.05, 4.69) is 122 Å². The number of pyridine rings is 8. The summed E-state index contributed by atoms with van der Waals surface area (Å²) >= 11 is 0. The summed E-state index contributed by atoms with van der Waals surface area (Å²) in [5.74, 6) is 15.1. The van der Waals surface area contributed by atoms with Gasteiger partial charge in [0, 0.05) is 172 Å². The first-order chi connectivity index (χ1) is 73.6. The smallest absolute Gasteiger partial charge is 0.137 e. The molecule has 0 unspecified atom stereocenters. The van der Waals surface area contributed by atoms with Gasteiger partial charge in [0.05, 0.1) is 75.1 Å². The molecule has 30 nitrogen and oxygen atoms in total. The van der Waals surface area contributed by atoms with Crippen LogP contribution in [-0.2, 0) is 51.1 Å². The second kappa shape index (κ2) is 61.4. The summed E-state index contributed by atoms with van der Waals surface area (Å²) in [6, 6.07) is 27.7. The molecule has 0 radical (unpaired) electrons. The van der Waals surface area contributed by atoms with Crippen molar-refractivity contribution in [2.24, 2.45) is 35.5 Å². The molecule has 15 heterocycles. The van der Waals surface area contributed by atoms with Crippen LogP contribution in [0.25, 0.3) is 0 Å². The molecule has 7 aliphatic carbocycles. The average Bonchev–Trinajstić information content (AvgIpc) is 1.68. The number of ether oxygens (including phenoxy) is 15. The SMILES string of the molecule is CC(C)OCCCOCC[C@H]1C[C@@H]1c1cncc(OC[C@@H]2CCN2)c1.COCCCOCC[C@H]1C[C@@H]1c1cncc(OC[C@@H]2CCN2)c1.c1cncc(COCC[C@H]2C[C@@H]2c2cncc(OC[C@@H]3CCN3)c2)c1.c1cncc(OCC[C@H]2C[C@@H]2c2cncc(OC[C@@H]3CCN3)c2)c1.c1coc(COCC[C@H]2C[C@@H]2c2cncc(OC[C@@H]3CCN3)c2)c1.c1ncc([C@H]2C[C@@H]2CCOCCCOC2CCCCC2)cc1OC[C@@H]1CCN1. The van der Waals surface area contributed by atoms with Crippen molar-refractivity contribution in [2.75, 3.05) is 165 Å². The number of hydrogen-bond donors (Lipinski definition) is 6. The zero-order valence-electron chi connectivity index (χ0n) is 88.7. The van der Waals surface area contributed by atoms with Crippen LogP contribution < -0.4 is 65.1 Å². The van der Waals surface area contributed by atoms with Gasteiger partial charge >= 0.3 is 0 Å². The molecule has 0 aromatic carbocycles. The number of aromatic nitrogens is 8. The lowest BCUT2D eigenvalue weighted by Gasteiger charge is -2.27. The fraction of sp³-hybridized carbons (Fsp3) is 0.630. The molecule has 13 fully saturated rings. The van der Waals surface area contributed by atoms with Crippen LogP contribution in [0, 0.1) is 35.5 Å². The summed E-state index contributed by atoms with van der Waals surface area (Å²) in [5, 5.41) is 20.1. The molecule has 6 saturated heterocycles.